The van der Waals surface area contributed by atoms with Crippen LogP contribution in [-0.4, -0.2) is 34.1 Å². The van der Waals surface area contributed by atoms with Crippen LogP contribution in [0.1, 0.15) is 22.3 Å². The molecule has 0 aliphatic carbocycles. The van der Waals surface area contributed by atoms with E-state index in [1.165, 1.54) is 0 Å². The van der Waals surface area contributed by atoms with Crippen molar-refractivity contribution in [3.8, 4) is 0 Å². The maximum Gasteiger partial charge on any atom is 0.326 e. The minimum atomic E-state index is -1.44. The molecule has 0 heterocycles. The number of carbonyl (C=O) groups excluding carboxylic acids is 1. The van der Waals surface area contributed by atoms with Crippen molar-refractivity contribution in [2.24, 2.45) is 0 Å². The van der Waals surface area contributed by atoms with Crippen molar-refractivity contribution < 1.29 is 24.6 Å². The average molecular weight is 251 g/mol. The summed E-state index contributed by atoms with van der Waals surface area (Å²) in [7, 11) is 0. The largest absolute Gasteiger partial charge is 0.481 e. The van der Waals surface area contributed by atoms with Gasteiger partial charge in [0.05, 0.1) is 6.42 Å². The molecule has 3 N–H and O–H groups in total. The van der Waals surface area contributed by atoms with Gasteiger partial charge in [-0.05, 0) is 18.6 Å². The van der Waals surface area contributed by atoms with Crippen molar-refractivity contribution in [1.29, 1.82) is 0 Å². The van der Waals surface area contributed by atoms with Gasteiger partial charge in [-0.15, -0.1) is 0 Å². The summed E-state index contributed by atoms with van der Waals surface area (Å²) < 4.78 is 0. The van der Waals surface area contributed by atoms with Crippen LogP contribution >= 0.6 is 0 Å². The van der Waals surface area contributed by atoms with E-state index in [4.69, 9.17) is 10.2 Å². The topological polar surface area (TPSA) is 104 Å². The molecule has 0 aliphatic heterocycles. The van der Waals surface area contributed by atoms with Crippen molar-refractivity contribution in [1.82, 2.24) is 5.32 Å². The first-order valence-electron chi connectivity index (χ1n) is 5.23. The van der Waals surface area contributed by atoms with Gasteiger partial charge in [-0.2, -0.15) is 0 Å². The highest BCUT2D eigenvalue weighted by atomic mass is 16.4. The first kappa shape index (κ1) is 13.7. The summed E-state index contributed by atoms with van der Waals surface area (Å²) in [6, 6.07) is 5.22. The first-order chi connectivity index (χ1) is 8.41. The lowest BCUT2D eigenvalue weighted by Crippen LogP contribution is -2.42. The lowest BCUT2D eigenvalue weighted by Gasteiger charge is -2.13. The predicted octanol–water partition coefficient (Wildman–Crippen LogP) is 0.653. The monoisotopic (exact) mass is 251 g/mol. The third kappa shape index (κ3) is 3.58. The number of amides is 1. The minimum absolute atomic E-state index is 0.328. The van der Waals surface area contributed by atoms with Crippen LogP contribution in [0.3, 0.4) is 0 Å². The van der Waals surface area contributed by atoms with Crippen LogP contribution in [0.25, 0.3) is 0 Å². The molecule has 0 fully saturated rings. The second-order valence-corrected chi connectivity index (χ2v) is 3.78. The Morgan fingerprint density at radius 3 is 2.33 bits per heavy atom. The minimum Gasteiger partial charge on any atom is -0.481 e. The molecule has 0 radical (unpaired) electrons. The van der Waals surface area contributed by atoms with Gasteiger partial charge in [0.2, 0.25) is 0 Å². The summed E-state index contributed by atoms with van der Waals surface area (Å²) in [5, 5.41) is 19.6. The van der Waals surface area contributed by atoms with E-state index in [-0.39, 0.29) is 0 Å². The van der Waals surface area contributed by atoms with Crippen LogP contribution in [0.15, 0.2) is 24.3 Å². The molecule has 0 bridgehead atoms. The second-order valence-electron chi connectivity index (χ2n) is 3.78. The predicted molar refractivity (Wildman–Crippen MR) is 62.3 cm³/mol. The number of nitrogens with one attached hydrogen (secondary N) is 1. The van der Waals surface area contributed by atoms with Gasteiger partial charge >= 0.3 is 11.9 Å². The molecule has 0 saturated heterocycles. The number of aryl methyl sites for hydroxylation is 1. The SMILES string of the molecule is Cc1ccccc1C(=O)NC(CC(=O)O)C(=O)O. The van der Waals surface area contributed by atoms with Gasteiger partial charge in [-0.1, -0.05) is 18.2 Å². The third-order valence-corrected chi connectivity index (χ3v) is 2.37. The van der Waals surface area contributed by atoms with Gasteiger partial charge < -0.3 is 15.5 Å². The molecule has 1 aromatic carbocycles. The van der Waals surface area contributed by atoms with Gasteiger partial charge in [-0.25, -0.2) is 4.79 Å². The summed E-state index contributed by atoms with van der Waals surface area (Å²) in [6.45, 7) is 1.71. The lowest BCUT2D eigenvalue weighted by molar-refractivity contribution is -0.145. The number of carboxylic acid groups (broad SMARTS) is 2. The zero-order valence-electron chi connectivity index (χ0n) is 9.71. The Labute approximate surface area is 103 Å². The Morgan fingerprint density at radius 1 is 1.22 bits per heavy atom. The number of aliphatic carboxylic acids is 2. The van der Waals surface area contributed by atoms with Crippen molar-refractivity contribution in [2.45, 2.75) is 19.4 Å². The number of carbonyl (C=O) groups is 3. The van der Waals surface area contributed by atoms with Gasteiger partial charge in [0, 0.05) is 5.56 Å². The van der Waals surface area contributed by atoms with Gasteiger partial charge in [0.25, 0.3) is 5.91 Å². The van der Waals surface area contributed by atoms with Gasteiger partial charge in [0.1, 0.15) is 6.04 Å². The highest BCUT2D eigenvalue weighted by Gasteiger charge is 2.23. The number of hydrogen-bond acceptors (Lipinski definition) is 3. The van der Waals surface area contributed by atoms with E-state index in [1.807, 2.05) is 0 Å². The van der Waals surface area contributed by atoms with E-state index in [2.05, 4.69) is 5.32 Å². The zero-order chi connectivity index (χ0) is 13.7. The van der Waals surface area contributed by atoms with Crippen LogP contribution in [0, 0.1) is 6.92 Å². The molecule has 1 atom stereocenters. The molecule has 6 heteroatoms. The maximum absolute atomic E-state index is 11.8. The van der Waals surface area contributed by atoms with Crippen LogP contribution in [0.4, 0.5) is 0 Å². The molecule has 1 unspecified atom stereocenters. The van der Waals surface area contributed by atoms with Gasteiger partial charge in [0.15, 0.2) is 0 Å². The smallest absolute Gasteiger partial charge is 0.326 e. The maximum atomic E-state index is 11.8. The van der Waals surface area contributed by atoms with E-state index in [0.717, 1.165) is 0 Å². The lowest BCUT2D eigenvalue weighted by atomic mass is 10.1. The molecule has 18 heavy (non-hydrogen) atoms. The fourth-order valence-electron chi connectivity index (χ4n) is 1.44. The van der Waals surface area contributed by atoms with E-state index in [9.17, 15) is 14.4 Å². The molecule has 0 spiro atoms. The normalized spacial score (nSPS) is 11.6. The van der Waals surface area contributed by atoms with Crippen LogP contribution in [0.5, 0.6) is 0 Å². The Morgan fingerprint density at radius 2 is 1.83 bits per heavy atom. The molecule has 6 nitrogen and oxygen atoms in total. The molecule has 1 aromatic rings. The number of carboxylic acids is 2. The fourth-order valence-corrected chi connectivity index (χ4v) is 1.44. The summed E-state index contributed by atoms with van der Waals surface area (Å²) in [4.78, 5) is 33.1. The third-order valence-electron chi connectivity index (χ3n) is 2.37. The summed E-state index contributed by atoms with van der Waals surface area (Å²) >= 11 is 0. The summed E-state index contributed by atoms with van der Waals surface area (Å²) in [5.74, 6) is -3.26. The summed E-state index contributed by atoms with van der Waals surface area (Å²) in [5.41, 5.74) is 1.02. The molecular weight excluding hydrogens is 238 g/mol. The molecule has 0 aromatic heterocycles. The molecule has 1 rings (SSSR count). The van der Waals surface area contributed by atoms with E-state index in [1.54, 1.807) is 31.2 Å². The molecule has 0 aliphatic rings. The second kappa shape index (κ2) is 5.81. The molecular formula is C12H13NO5. The quantitative estimate of drug-likeness (QED) is 0.713. The van der Waals surface area contributed by atoms with E-state index >= 15 is 0 Å². The zero-order valence-corrected chi connectivity index (χ0v) is 9.71. The van der Waals surface area contributed by atoms with Gasteiger partial charge in [-0.3, -0.25) is 9.59 Å². The van der Waals surface area contributed by atoms with Crippen LogP contribution in [-0.2, 0) is 9.59 Å². The van der Waals surface area contributed by atoms with E-state index in [0.29, 0.717) is 11.1 Å². The standard InChI is InChI=1S/C12H13NO5/c1-7-4-2-3-5-8(7)11(16)13-9(12(17)18)6-10(14)15/h2-5,9H,6H2,1H3,(H,13,16)(H,14,15)(H,17,18). The highest BCUT2D eigenvalue weighted by molar-refractivity contribution is 5.98. The Bertz CT molecular complexity index is 483. The summed E-state index contributed by atoms with van der Waals surface area (Å²) in [6.07, 6.45) is -0.660. The Balaban J connectivity index is 2.82. The van der Waals surface area contributed by atoms with Crippen molar-refractivity contribution in [3.05, 3.63) is 35.4 Å². The first-order valence-corrected chi connectivity index (χ1v) is 5.23. The Hall–Kier alpha value is -2.37. The fraction of sp³-hybridized carbons (Fsp3) is 0.250. The molecule has 1 amide bonds. The van der Waals surface area contributed by atoms with Crippen molar-refractivity contribution in [2.75, 3.05) is 0 Å². The Kier molecular flexibility index (Phi) is 4.42. The van der Waals surface area contributed by atoms with Crippen LogP contribution in [0.2, 0.25) is 0 Å². The molecule has 0 saturated carbocycles. The number of rotatable bonds is 5. The van der Waals surface area contributed by atoms with Crippen molar-refractivity contribution >= 4 is 17.8 Å². The average Bonchev–Trinajstić information content (AvgIpc) is 2.27. The molecule has 96 valence electrons. The van der Waals surface area contributed by atoms with Crippen molar-refractivity contribution in [3.63, 3.8) is 0 Å². The van der Waals surface area contributed by atoms with Crippen LogP contribution < -0.4 is 5.32 Å². The van der Waals surface area contributed by atoms with E-state index < -0.39 is 30.3 Å². The number of benzene rings is 1. The number of hydrogen-bond donors (Lipinski definition) is 3. The highest BCUT2D eigenvalue weighted by Crippen LogP contribution is 2.07.